The Morgan fingerprint density at radius 2 is 2.04 bits per heavy atom. The van der Waals surface area contributed by atoms with Gasteiger partial charge in [-0.1, -0.05) is 18.2 Å². The van der Waals surface area contributed by atoms with Crippen LogP contribution in [0.15, 0.2) is 30.3 Å². The van der Waals surface area contributed by atoms with Crippen LogP contribution < -0.4 is 10.1 Å². The maximum Gasteiger partial charge on any atom is 0.260 e. The van der Waals surface area contributed by atoms with Gasteiger partial charge in [0.05, 0.1) is 6.61 Å². The maximum absolute atomic E-state index is 12.5. The summed E-state index contributed by atoms with van der Waals surface area (Å²) in [5, 5.41) is 3.42. The number of methoxy groups -OCH3 is 1. The van der Waals surface area contributed by atoms with Crippen LogP contribution in [-0.4, -0.2) is 57.3 Å². The minimum atomic E-state index is 0.0744. The number of ether oxygens (including phenoxy) is 2. The molecule has 1 aromatic rings. The Balaban J connectivity index is 1.60. The van der Waals surface area contributed by atoms with Gasteiger partial charge in [-0.15, -0.1) is 0 Å². The zero-order valence-corrected chi connectivity index (χ0v) is 13.8. The lowest BCUT2D eigenvalue weighted by atomic mass is 9.71. The summed E-state index contributed by atoms with van der Waals surface area (Å²) in [7, 11) is 1.75. The summed E-state index contributed by atoms with van der Waals surface area (Å²) in [4.78, 5) is 14.5. The number of likely N-dealkylation sites (tertiary alicyclic amines) is 1. The normalized spacial score (nSPS) is 23.2. The Morgan fingerprint density at radius 1 is 1.30 bits per heavy atom. The molecule has 1 unspecified atom stereocenters. The van der Waals surface area contributed by atoms with Crippen LogP contribution in [0.1, 0.15) is 12.8 Å². The van der Waals surface area contributed by atoms with Crippen molar-refractivity contribution in [3.63, 3.8) is 0 Å². The molecule has 2 saturated heterocycles. The predicted molar refractivity (Wildman–Crippen MR) is 88.4 cm³/mol. The highest BCUT2D eigenvalue weighted by Gasteiger charge is 2.48. The first-order valence-electron chi connectivity index (χ1n) is 8.39. The van der Waals surface area contributed by atoms with E-state index in [1.54, 1.807) is 7.11 Å². The zero-order chi connectivity index (χ0) is 16.1. The van der Waals surface area contributed by atoms with Crippen molar-refractivity contribution in [1.29, 1.82) is 0 Å². The van der Waals surface area contributed by atoms with Gasteiger partial charge in [-0.2, -0.15) is 0 Å². The van der Waals surface area contributed by atoms with Gasteiger partial charge in [-0.25, -0.2) is 0 Å². The lowest BCUT2D eigenvalue weighted by Crippen LogP contribution is -2.43. The lowest BCUT2D eigenvalue weighted by Gasteiger charge is -2.38. The Bertz CT molecular complexity index is 514. The van der Waals surface area contributed by atoms with E-state index in [0.29, 0.717) is 5.92 Å². The second kappa shape index (κ2) is 7.32. The van der Waals surface area contributed by atoms with Crippen LogP contribution in [0.2, 0.25) is 0 Å². The molecule has 1 aromatic carbocycles. The Morgan fingerprint density at radius 3 is 2.74 bits per heavy atom. The summed E-state index contributed by atoms with van der Waals surface area (Å²) < 4.78 is 11.0. The highest BCUT2D eigenvalue weighted by atomic mass is 16.5. The molecule has 0 aliphatic carbocycles. The number of hydrogen-bond acceptors (Lipinski definition) is 4. The van der Waals surface area contributed by atoms with Crippen LogP contribution in [0.4, 0.5) is 0 Å². The van der Waals surface area contributed by atoms with Gasteiger partial charge in [0, 0.05) is 26.1 Å². The second-order valence-corrected chi connectivity index (χ2v) is 6.64. The smallest absolute Gasteiger partial charge is 0.260 e. The highest BCUT2D eigenvalue weighted by Crippen LogP contribution is 2.43. The second-order valence-electron chi connectivity index (χ2n) is 6.64. The standard InChI is InChI=1S/C18H26N2O3/c1-22-12-15-11-20(14-18(15)7-9-19-10-8-18)17(21)13-23-16-5-3-2-4-6-16/h2-6,15,19H,7-14H2,1H3. The van der Waals surface area contributed by atoms with Crippen molar-refractivity contribution in [2.24, 2.45) is 11.3 Å². The fourth-order valence-electron chi connectivity index (χ4n) is 3.90. The molecule has 3 rings (SSSR count). The van der Waals surface area contributed by atoms with E-state index in [1.807, 2.05) is 35.2 Å². The molecule has 1 N–H and O–H groups in total. The summed E-state index contributed by atoms with van der Waals surface area (Å²) in [5.74, 6) is 1.24. The van der Waals surface area contributed by atoms with Gasteiger partial charge in [0.15, 0.2) is 6.61 Å². The summed E-state index contributed by atoms with van der Waals surface area (Å²) in [6.07, 6.45) is 2.23. The molecular formula is C18H26N2O3. The Hall–Kier alpha value is -1.59. The first kappa shape index (κ1) is 16.3. The van der Waals surface area contributed by atoms with E-state index < -0.39 is 0 Å². The lowest BCUT2D eigenvalue weighted by molar-refractivity contribution is -0.132. The van der Waals surface area contributed by atoms with E-state index >= 15 is 0 Å². The number of para-hydroxylation sites is 1. The van der Waals surface area contributed by atoms with E-state index in [9.17, 15) is 4.79 Å². The van der Waals surface area contributed by atoms with Crippen LogP contribution in [-0.2, 0) is 9.53 Å². The molecule has 0 aromatic heterocycles. The fourth-order valence-corrected chi connectivity index (χ4v) is 3.90. The third-order valence-corrected chi connectivity index (χ3v) is 5.24. The van der Waals surface area contributed by atoms with Crippen molar-refractivity contribution in [3.05, 3.63) is 30.3 Å². The third kappa shape index (κ3) is 3.67. The minimum absolute atomic E-state index is 0.0744. The van der Waals surface area contributed by atoms with Crippen molar-refractivity contribution in [3.8, 4) is 5.75 Å². The van der Waals surface area contributed by atoms with Crippen LogP contribution in [0.3, 0.4) is 0 Å². The minimum Gasteiger partial charge on any atom is -0.484 e. The molecule has 5 heteroatoms. The van der Waals surface area contributed by atoms with Crippen LogP contribution >= 0.6 is 0 Å². The molecule has 2 aliphatic rings. The van der Waals surface area contributed by atoms with Gasteiger partial charge < -0.3 is 19.7 Å². The Labute approximate surface area is 137 Å². The molecule has 1 atom stereocenters. The number of benzene rings is 1. The zero-order valence-electron chi connectivity index (χ0n) is 13.8. The summed E-state index contributed by atoms with van der Waals surface area (Å²) in [6.45, 7) is 4.51. The monoisotopic (exact) mass is 318 g/mol. The number of carbonyl (C=O) groups excluding carboxylic acids is 1. The molecule has 0 radical (unpaired) electrons. The molecule has 1 spiro atoms. The largest absolute Gasteiger partial charge is 0.484 e. The first-order valence-corrected chi connectivity index (χ1v) is 8.39. The van der Waals surface area contributed by atoms with Crippen LogP contribution in [0, 0.1) is 11.3 Å². The average Bonchev–Trinajstić information content (AvgIpc) is 2.93. The van der Waals surface area contributed by atoms with Gasteiger partial charge in [0.25, 0.3) is 5.91 Å². The molecule has 126 valence electrons. The fraction of sp³-hybridized carbons (Fsp3) is 0.611. The van der Waals surface area contributed by atoms with Crippen molar-refractivity contribution >= 4 is 5.91 Å². The summed E-state index contributed by atoms with van der Waals surface area (Å²) >= 11 is 0. The van der Waals surface area contributed by atoms with Gasteiger partial charge >= 0.3 is 0 Å². The number of carbonyl (C=O) groups is 1. The van der Waals surface area contributed by atoms with E-state index in [0.717, 1.165) is 51.4 Å². The van der Waals surface area contributed by atoms with E-state index in [4.69, 9.17) is 9.47 Å². The van der Waals surface area contributed by atoms with Crippen molar-refractivity contribution in [2.45, 2.75) is 12.8 Å². The molecular weight excluding hydrogens is 292 g/mol. The highest BCUT2D eigenvalue weighted by molar-refractivity contribution is 5.78. The van der Waals surface area contributed by atoms with Gasteiger partial charge in [0.2, 0.25) is 0 Å². The molecule has 2 aliphatic heterocycles. The molecule has 23 heavy (non-hydrogen) atoms. The molecule has 0 saturated carbocycles. The molecule has 0 bridgehead atoms. The number of nitrogens with zero attached hydrogens (tertiary/aromatic N) is 1. The number of piperidine rings is 1. The average molecular weight is 318 g/mol. The predicted octanol–water partition coefficient (Wildman–Crippen LogP) is 1.54. The SMILES string of the molecule is COCC1CN(C(=O)COc2ccccc2)CC12CCNCC2. The van der Waals surface area contributed by atoms with E-state index in [1.165, 1.54) is 0 Å². The van der Waals surface area contributed by atoms with Crippen molar-refractivity contribution < 1.29 is 14.3 Å². The van der Waals surface area contributed by atoms with E-state index in [-0.39, 0.29) is 17.9 Å². The number of amides is 1. The van der Waals surface area contributed by atoms with Crippen LogP contribution in [0.25, 0.3) is 0 Å². The first-order chi connectivity index (χ1) is 11.2. The van der Waals surface area contributed by atoms with Crippen molar-refractivity contribution in [2.75, 3.05) is 46.5 Å². The van der Waals surface area contributed by atoms with Crippen molar-refractivity contribution in [1.82, 2.24) is 10.2 Å². The van der Waals surface area contributed by atoms with E-state index in [2.05, 4.69) is 5.32 Å². The number of rotatable bonds is 5. The number of hydrogen-bond donors (Lipinski definition) is 1. The number of nitrogens with one attached hydrogen (secondary N) is 1. The third-order valence-electron chi connectivity index (χ3n) is 5.24. The Kier molecular flexibility index (Phi) is 5.18. The molecule has 5 nitrogen and oxygen atoms in total. The molecule has 2 heterocycles. The van der Waals surface area contributed by atoms with Gasteiger partial charge in [0.1, 0.15) is 5.75 Å². The molecule has 1 amide bonds. The van der Waals surface area contributed by atoms with Gasteiger partial charge in [-0.05, 0) is 43.5 Å². The maximum atomic E-state index is 12.5. The summed E-state index contributed by atoms with van der Waals surface area (Å²) in [5.41, 5.74) is 0.212. The topological polar surface area (TPSA) is 50.8 Å². The van der Waals surface area contributed by atoms with Crippen LogP contribution in [0.5, 0.6) is 5.75 Å². The summed E-state index contributed by atoms with van der Waals surface area (Å²) in [6, 6.07) is 9.51. The molecule has 2 fully saturated rings. The quantitative estimate of drug-likeness (QED) is 0.895. The van der Waals surface area contributed by atoms with Gasteiger partial charge in [-0.3, -0.25) is 4.79 Å².